The van der Waals surface area contributed by atoms with Crippen LogP contribution in [0.2, 0.25) is 0 Å². The predicted molar refractivity (Wildman–Crippen MR) is 148 cm³/mol. The van der Waals surface area contributed by atoms with Crippen LogP contribution in [0.15, 0.2) is 107 Å². The van der Waals surface area contributed by atoms with E-state index in [1.807, 2.05) is 90.4 Å². The number of amides is 1. The molecule has 0 aliphatic carbocycles. The lowest BCUT2D eigenvalue weighted by atomic mass is 10.0. The van der Waals surface area contributed by atoms with E-state index in [0.717, 1.165) is 39.0 Å². The molecule has 1 amide bonds. The summed E-state index contributed by atoms with van der Waals surface area (Å²) in [6, 6.07) is 31.7. The van der Waals surface area contributed by atoms with Crippen molar-refractivity contribution in [1.29, 1.82) is 0 Å². The Balaban J connectivity index is 1.34. The molecule has 184 valence electrons. The van der Waals surface area contributed by atoms with Crippen molar-refractivity contribution in [3.05, 3.63) is 103 Å². The predicted octanol–water partition coefficient (Wildman–Crippen LogP) is 5.73. The maximum Gasteiger partial charge on any atom is 0.250 e. The number of nitrogens with zero attached hydrogens (tertiary/aromatic N) is 4. The largest absolute Gasteiger partial charge is 0.497 e. The number of hydrazone groups is 1. The summed E-state index contributed by atoms with van der Waals surface area (Å²) >= 11 is 1.31. The Morgan fingerprint density at radius 2 is 1.65 bits per heavy atom. The van der Waals surface area contributed by atoms with Gasteiger partial charge < -0.3 is 4.74 Å². The first kappa shape index (κ1) is 24.3. The van der Waals surface area contributed by atoms with Crippen LogP contribution in [0.3, 0.4) is 0 Å². The fraction of sp³-hybridized carbons (Fsp3) is 0.103. The number of methoxy groups -OCH3 is 1. The van der Waals surface area contributed by atoms with Gasteiger partial charge in [0, 0.05) is 16.8 Å². The molecular weight excluding hydrogens is 482 g/mol. The van der Waals surface area contributed by atoms with E-state index in [9.17, 15) is 4.79 Å². The summed E-state index contributed by atoms with van der Waals surface area (Å²) in [6.45, 7) is 1.89. The van der Waals surface area contributed by atoms with Crippen LogP contribution >= 0.6 is 11.8 Å². The van der Waals surface area contributed by atoms with Gasteiger partial charge in [-0.2, -0.15) is 5.10 Å². The van der Waals surface area contributed by atoms with Crippen molar-refractivity contribution in [2.24, 2.45) is 5.10 Å². The number of aromatic nitrogens is 3. The number of nitrogens with one attached hydrogen (secondary N) is 1. The third-order valence-corrected chi connectivity index (χ3v) is 6.79. The summed E-state index contributed by atoms with van der Waals surface area (Å²) < 4.78 is 7.23. The highest BCUT2D eigenvalue weighted by Gasteiger charge is 2.17. The zero-order valence-corrected chi connectivity index (χ0v) is 21.3. The van der Waals surface area contributed by atoms with Crippen LogP contribution in [0, 0.1) is 0 Å². The van der Waals surface area contributed by atoms with E-state index in [0.29, 0.717) is 11.0 Å². The van der Waals surface area contributed by atoms with Gasteiger partial charge in [-0.3, -0.25) is 9.36 Å². The first-order valence-electron chi connectivity index (χ1n) is 11.7. The molecule has 1 N–H and O–H groups in total. The second-order valence-corrected chi connectivity index (χ2v) is 9.20. The number of para-hydroxylation sites is 1. The van der Waals surface area contributed by atoms with Crippen LogP contribution in [0.1, 0.15) is 12.5 Å². The molecule has 0 aliphatic rings. The van der Waals surface area contributed by atoms with Crippen LogP contribution in [-0.2, 0) is 4.79 Å². The summed E-state index contributed by atoms with van der Waals surface area (Å²) in [5.41, 5.74) is 6.21. The minimum atomic E-state index is -0.224. The van der Waals surface area contributed by atoms with Crippen LogP contribution in [0.4, 0.5) is 0 Å². The number of hydrogen-bond acceptors (Lipinski definition) is 6. The Bertz CT molecular complexity index is 1560. The first-order valence-corrected chi connectivity index (χ1v) is 12.7. The average Bonchev–Trinajstić information content (AvgIpc) is 3.39. The van der Waals surface area contributed by atoms with E-state index < -0.39 is 0 Å². The van der Waals surface area contributed by atoms with Crippen molar-refractivity contribution >= 4 is 34.2 Å². The number of ether oxygens (including phenoxy) is 1. The minimum absolute atomic E-state index is 0.139. The molecule has 0 saturated heterocycles. The Hall–Kier alpha value is -4.43. The van der Waals surface area contributed by atoms with Gasteiger partial charge in [0.2, 0.25) is 0 Å². The van der Waals surface area contributed by atoms with E-state index in [4.69, 9.17) is 4.74 Å². The second-order valence-electron chi connectivity index (χ2n) is 8.25. The number of benzene rings is 4. The van der Waals surface area contributed by atoms with Gasteiger partial charge >= 0.3 is 0 Å². The maximum atomic E-state index is 12.7. The molecule has 5 rings (SSSR count). The molecule has 7 nitrogen and oxygen atoms in total. The van der Waals surface area contributed by atoms with E-state index in [2.05, 4.69) is 38.9 Å². The fourth-order valence-corrected chi connectivity index (χ4v) is 4.75. The zero-order chi connectivity index (χ0) is 25.6. The zero-order valence-electron chi connectivity index (χ0n) is 20.5. The fourth-order valence-electron chi connectivity index (χ4n) is 4.01. The molecule has 8 heteroatoms. The number of thioether (sulfide) groups is 1. The molecule has 0 aliphatic heterocycles. The van der Waals surface area contributed by atoms with Crippen molar-refractivity contribution < 1.29 is 9.53 Å². The molecular formula is C29H25N5O2S. The van der Waals surface area contributed by atoms with Crippen molar-refractivity contribution in [2.45, 2.75) is 12.1 Å². The highest BCUT2D eigenvalue weighted by Crippen LogP contribution is 2.29. The van der Waals surface area contributed by atoms with Crippen LogP contribution in [-0.4, -0.2) is 39.2 Å². The molecule has 1 heterocycles. The third kappa shape index (κ3) is 5.39. The van der Waals surface area contributed by atoms with Gasteiger partial charge in [-0.15, -0.1) is 10.2 Å². The lowest BCUT2D eigenvalue weighted by molar-refractivity contribution is -0.118. The molecule has 1 aromatic heterocycles. The lowest BCUT2D eigenvalue weighted by Gasteiger charge is -2.10. The quantitative estimate of drug-likeness (QED) is 0.165. The Kier molecular flexibility index (Phi) is 7.28. The summed E-state index contributed by atoms with van der Waals surface area (Å²) in [6.07, 6.45) is 0. The topological polar surface area (TPSA) is 81.4 Å². The van der Waals surface area contributed by atoms with E-state index in [1.165, 1.54) is 11.8 Å². The number of rotatable bonds is 8. The molecule has 0 atom stereocenters. The lowest BCUT2D eigenvalue weighted by Crippen LogP contribution is -2.21. The average molecular weight is 508 g/mol. The van der Waals surface area contributed by atoms with Crippen molar-refractivity contribution in [3.8, 4) is 22.8 Å². The number of hydrogen-bond donors (Lipinski definition) is 1. The molecule has 0 fully saturated rings. The summed E-state index contributed by atoms with van der Waals surface area (Å²) in [5, 5.41) is 16.0. The van der Waals surface area contributed by atoms with Gasteiger partial charge in [-0.25, -0.2) is 5.43 Å². The van der Waals surface area contributed by atoms with Crippen LogP contribution in [0.25, 0.3) is 27.8 Å². The standard InChI is InChI=1S/C29H25N5O2S/c1-20(25-14-8-10-21-9-6-7-13-26(21)25)30-31-27(35)19-37-29-33-32-28(22-15-17-24(36-2)18-16-22)34(29)23-11-4-3-5-12-23/h3-18H,19H2,1-2H3,(H,31,35). The van der Waals surface area contributed by atoms with Crippen molar-refractivity contribution in [2.75, 3.05) is 12.9 Å². The van der Waals surface area contributed by atoms with Gasteiger partial charge in [-0.1, -0.05) is 72.4 Å². The highest BCUT2D eigenvalue weighted by molar-refractivity contribution is 7.99. The molecule has 4 aromatic carbocycles. The van der Waals surface area contributed by atoms with Gasteiger partial charge in [0.05, 0.1) is 18.6 Å². The Morgan fingerprint density at radius 3 is 2.43 bits per heavy atom. The molecule has 0 spiro atoms. The monoisotopic (exact) mass is 507 g/mol. The number of carbonyl (C=O) groups is 1. The van der Waals surface area contributed by atoms with E-state index in [-0.39, 0.29) is 11.7 Å². The molecule has 37 heavy (non-hydrogen) atoms. The van der Waals surface area contributed by atoms with Crippen molar-refractivity contribution in [1.82, 2.24) is 20.2 Å². The Labute approximate surface area is 219 Å². The Morgan fingerprint density at radius 1 is 0.919 bits per heavy atom. The summed E-state index contributed by atoms with van der Waals surface area (Å²) in [4.78, 5) is 12.7. The van der Waals surface area contributed by atoms with Gasteiger partial charge in [0.1, 0.15) is 5.75 Å². The highest BCUT2D eigenvalue weighted by atomic mass is 32.2. The summed E-state index contributed by atoms with van der Waals surface area (Å²) in [7, 11) is 1.63. The minimum Gasteiger partial charge on any atom is -0.497 e. The summed E-state index contributed by atoms with van der Waals surface area (Å²) in [5.74, 6) is 1.36. The van der Waals surface area contributed by atoms with Gasteiger partial charge in [0.25, 0.3) is 5.91 Å². The van der Waals surface area contributed by atoms with Crippen LogP contribution < -0.4 is 10.2 Å². The van der Waals surface area contributed by atoms with E-state index >= 15 is 0 Å². The van der Waals surface area contributed by atoms with Crippen molar-refractivity contribution in [3.63, 3.8) is 0 Å². The SMILES string of the molecule is COc1ccc(-c2nnc(SCC(=O)NN=C(C)c3cccc4ccccc34)n2-c2ccccc2)cc1. The molecule has 0 unspecified atom stereocenters. The second kappa shape index (κ2) is 11.1. The van der Waals surface area contributed by atoms with Gasteiger partial charge in [0.15, 0.2) is 11.0 Å². The van der Waals surface area contributed by atoms with Gasteiger partial charge in [-0.05, 0) is 54.1 Å². The molecule has 5 aromatic rings. The van der Waals surface area contributed by atoms with Crippen LogP contribution in [0.5, 0.6) is 5.75 Å². The first-order chi connectivity index (χ1) is 18.1. The molecule has 0 saturated carbocycles. The maximum absolute atomic E-state index is 12.7. The third-order valence-electron chi connectivity index (χ3n) is 5.86. The smallest absolute Gasteiger partial charge is 0.250 e. The number of carbonyl (C=O) groups excluding carboxylic acids is 1. The molecule has 0 bridgehead atoms. The van der Waals surface area contributed by atoms with E-state index in [1.54, 1.807) is 7.11 Å². The molecule has 0 radical (unpaired) electrons. The normalized spacial score (nSPS) is 11.5. The number of fused-ring (bicyclic) bond motifs is 1.